The Bertz CT molecular complexity index is 815. The molecule has 0 aliphatic rings. The molecule has 0 fully saturated rings. The second-order valence-corrected chi connectivity index (χ2v) is 5.07. The Morgan fingerprint density at radius 2 is 1.85 bits per heavy atom. The smallest absolute Gasteiger partial charge is 0.195 e. The number of fused-ring (bicyclic) bond motifs is 1. The Kier molecular flexibility index (Phi) is 2.83. The number of rotatable bonds is 2. The third-order valence-corrected chi connectivity index (χ3v) is 3.65. The maximum Gasteiger partial charge on any atom is 0.195 e. The maximum absolute atomic E-state index is 12.8. The van der Waals surface area contributed by atoms with E-state index in [1.165, 1.54) is 0 Å². The van der Waals surface area contributed by atoms with Crippen molar-refractivity contribution in [3.8, 4) is 0 Å². The first-order valence-electron chi connectivity index (χ1n) is 6.53. The van der Waals surface area contributed by atoms with E-state index in [0.717, 1.165) is 22.0 Å². The Morgan fingerprint density at radius 1 is 1.10 bits per heavy atom. The SMILES string of the molecule is Cc1ccc(N)cc1C(=O)c1cn(C)c2ccccc12. The number of hydrogen-bond donors (Lipinski definition) is 1. The summed E-state index contributed by atoms with van der Waals surface area (Å²) in [7, 11) is 1.95. The van der Waals surface area contributed by atoms with Gasteiger partial charge in [0.2, 0.25) is 0 Å². The molecule has 20 heavy (non-hydrogen) atoms. The zero-order chi connectivity index (χ0) is 14.3. The van der Waals surface area contributed by atoms with Crippen LogP contribution in [0.4, 0.5) is 5.69 Å². The highest BCUT2D eigenvalue weighted by molar-refractivity contribution is 6.17. The van der Waals surface area contributed by atoms with E-state index in [4.69, 9.17) is 5.73 Å². The lowest BCUT2D eigenvalue weighted by Crippen LogP contribution is -2.04. The topological polar surface area (TPSA) is 48.0 Å². The molecule has 3 nitrogen and oxygen atoms in total. The molecule has 0 unspecified atom stereocenters. The number of carbonyl (C=O) groups excluding carboxylic acids is 1. The summed E-state index contributed by atoms with van der Waals surface area (Å²) in [6, 6.07) is 13.4. The first kappa shape index (κ1) is 12.5. The number of carbonyl (C=O) groups is 1. The molecule has 0 amide bonds. The fraction of sp³-hybridized carbons (Fsp3) is 0.118. The molecule has 100 valence electrons. The van der Waals surface area contributed by atoms with Crippen LogP contribution in [0.5, 0.6) is 0 Å². The van der Waals surface area contributed by atoms with Crippen LogP contribution in [-0.4, -0.2) is 10.4 Å². The summed E-state index contributed by atoms with van der Waals surface area (Å²) >= 11 is 0. The molecule has 3 aromatic rings. The predicted octanol–water partition coefficient (Wildman–Crippen LogP) is 3.30. The molecule has 3 heteroatoms. The summed E-state index contributed by atoms with van der Waals surface area (Å²) in [4.78, 5) is 12.8. The van der Waals surface area contributed by atoms with Gasteiger partial charge < -0.3 is 10.3 Å². The van der Waals surface area contributed by atoms with E-state index < -0.39 is 0 Å². The van der Waals surface area contributed by atoms with Crippen molar-refractivity contribution in [2.24, 2.45) is 7.05 Å². The molecule has 2 N–H and O–H groups in total. The van der Waals surface area contributed by atoms with Crippen LogP contribution in [0, 0.1) is 6.92 Å². The summed E-state index contributed by atoms with van der Waals surface area (Å²) in [6.45, 7) is 1.93. The van der Waals surface area contributed by atoms with Crippen molar-refractivity contribution in [2.75, 3.05) is 5.73 Å². The molecule has 2 aromatic carbocycles. The Balaban J connectivity index is 2.20. The lowest BCUT2D eigenvalue weighted by Gasteiger charge is -2.05. The number of ketones is 1. The van der Waals surface area contributed by atoms with Crippen LogP contribution in [0.25, 0.3) is 10.9 Å². The molecule has 1 heterocycles. The van der Waals surface area contributed by atoms with Crippen molar-refractivity contribution < 1.29 is 4.79 Å². The number of nitrogens with zero attached hydrogens (tertiary/aromatic N) is 1. The number of anilines is 1. The van der Waals surface area contributed by atoms with Crippen LogP contribution in [0.15, 0.2) is 48.7 Å². The van der Waals surface area contributed by atoms with Gasteiger partial charge in [-0.25, -0.2) is 0 Å². The largest absolute Gasteiger partial charge is 0.399 e. The number of para-hydroxylation sites is 1. The normalized spacial score (nSPS) is 10.9. The molecule has 0 aliphatic carbocycles. The number of nitrogen functional groups attached to an aromatic ring is 1. The standard InChI is InChI=1S/C17H16N2O/c1-11-7-8-12(18)9-14(11)17(20)15-10-19(2)16-6-4-3-5-13(15)16/h3-10H,18H2,1-2H3. The zero-order valence-corrected chi connectivity index (χ0v) is 11.6. The number of hydrogen-bond acceptors (Lipinski definition) is 2. The molecular weight excluding hydrogens is 248 g/mol. The first-order valence-corrected chi connectivity index (χ1v) is 6.53. The summed E-state index contributed by atoms with van der Waals surface area (Å²) in [5.41, 5.74) is 9.80. The molecule has 0 atom stereocenters. The van der Waals surface area contributed by atoms with Crippen molar-refractivity contribution in [1.82, 2.24) is 4.57 Å². The van der Waals surface area contributed by atoms with Gasteiger partial charge in [0.05, 0.1) is 0 Å². The third kappa shape index (κ3) is 1.88. The van der Waals surface area contributed by atoms with Gasteiger partial charge in [0.1, 0.15) is 0 Å². The molecule has 0 saturated carbocycles. The quantitative estimate of drug-likeness (QED) is 0.570. The lowest BCUT2D eigenvalue weighted by molar-refractivity contribution is 0.103. The molecule has 1 aromatic heterocycles. The summed E-state index contributed by atoms with van der Waals surface area (Å²) in [5.74, 6) is 0.0200. The van der Waals surface area contributed by atoms with Gasteiger partial charge in [-0.2, -0.15) is 0 Å². The minimum absolute atomic E-state index is 0.0200. The van der Waals surface area contributed by atoms with E-state index in [9.17, 15) is 4.79 Å². The minimum Gasteiger partial charge on any atom is -0.399 e. The van der Waals surface area contributed by atoms with E-state index in [1.807, 2.05) is 61.1 Å². The zero-order valence-electron chi connectivity index (χ0n) is 11.6. The maximum atomic E-state index is 12.8. The monoisotopic (exact) mass is 264 g/mol. The van der Waals surface area contributed by atoms with Crippen LogP contribution in [0.3, 0.4) is 0 Å². The molecule has 0 spiro atoms. The predicted molar refractivity (Wildman–Crippen MR) is 81.9 cm³/mol. The summed E-state index contributed by atoms with van der Waals surface area (Å²) in [6.07, 6.45) is 1.88. The molecule has 0 radical (unpaired) electrons. The molecule has 0 aliphatic heterocycles. The lowest BCUT2D eigenvalue weighted by atomic mass is 9.98. The van der Waals surface area contributed by atoms with Gasteiger partial charge in [0, 0.05) is 41.0 Å². The molecule has 3 rings (SSSR count). The van der Waals surface area contributed by atoms with Crippen LogP contribution in [0.1, 0.15) is 21.5 Å². The van der Waals surface area contributed by atoms with Crippen molar-refractivity contribution in [1.29, 1.82) is 0 Å². The Labute approximate surface area is 117 Å². The third-order valence-electron chi connectivity index (χ3n) is 3.65. The van der Waals surface area contributed by atoms with Crippen LogP contribution in [0.2, 0.25) is 0 Å². The van der Waals surface area contributed by atoms with E-state index in [2.05, 4.69) is 0 Å². The van der Waals surface area contributed by atoms with Gasteiger partial charge in [0.15, 0.2) is 5.78 Å². The second-order valence-electron chi connectivity index (χ2n) is 5.07. The van der Waals surface area contributed by atoms with Crippen molar-refractivity contribution in [2.45, 2.75) is 6.92 Å². The number of nitrogens with two attached hydrogens (primary N) is 1. The van der Waals surface area contributed by atoms with E-state index in [0.29, 0.717) is 11.3 Å². The van der Waals surface area contributed by atoms with Crippen LogP contribution in [-0.2, 0) is 7.05 Å². The second kappa shape index (κ2) is 4.53. The fourth-order valence-electron chi connectivity index (χ4n) is 2.55. The van der Waals surface area contributed by atoms with Gasteiger partial charge in [0.25, 0.3) is 0 Å². The van der Waals surface area contributed by atoms with E-state index in [-0.39, 0.29) is 5.78 Å². The fourth-order valence-corrected chi connectivity index (χ4v) is 2.55. The highest BCUT2D eigenvalue weighted by Gasteiger charge is 2.17. The minimum atomic E-state index is 0.0200. The molecule has 0 bridgehead atoms. The Morgan fingerprint density at radius 3 is 2.65 bits per heavy atom. The van der Waals surface area contributed by atoms with Crippen molar-refractivity contribution >= 4 is 22.4 Å². The Hall–Kier alpha value is -2.55. The van der Waals surface area contributed by atoms with Gasteiger partial charge in [-0.05, 0) is 30.7 Å². The van der Waals surface area contributed by atoms with Gasteiger partial charge in [-0.1, -0.05) is 24.3 Å². The first-order chi connectivity index (χ1) is 9.58. The van der Waals surface area contributed by atoms with Crippen molar-refractivity contribution in [3.63, 3.8) is 0 Å². The van der Waals surface area contributed by atoms with Gasteiger partial charge in [-0.3, -0.25) is 4.79 Å². The highest BCUT2D eigenvalue weighted by Crippen LogP contribution is 2.25. The molecule has 0 saturated heterocycles. The number of benzene rings is 2. The number of aromatic nitrogens is 1. The summed E-state index contributed by atoms with van der Waals surface area (Å²) < 4.78 is 1.98. The van der Waals surface area contributed by atoms with E-state index >= 15 is 0 Å². The van der Waals surface area contributed by atoms with Gasteiger partial charge >= 0.3 is 0 Å². The average Bonchev–Trinajstić information content (AvgIpc) is 2.79. The average molecular weight is 264 g/mol. The number of aryl methyl sites for hydroxylation is 2. The molecular formula is C17H16N2O. The van der Waals surface area contributed by atoms with Crippen LogP contribution >= 0.6 is 0 Å². The van der Waals surface area contributed by atoms with E-state index in [1.54, 1.807) is 6.07 Å². The van der Waals surface area contributed by atoms with Crippen molar-refractivity contribution in [3.05, 3.63) is 65.4 Å². The van der Waals surface area contributed by atoms with Gasteiger partial charge in [-0.15, -0.1) is 0 Å². The summed E-state index contributed by atoms with van der Waals surface area (Å²) in [5, 5.41) is 0.974. The highest BCUT2D eigenvalue weighted by atomic mass is 16.1. The van der Waals surface area contributed by atoms with Crippen LogP contribution < -0.4 is 5.73 Å².